The maximum Gasteiger partial charge on any atom is 0.360 e. The molecule has 19 nitrogen and oxygen atoms in total. The molecular weight excluding hydrogens is 805 g/mol. The highest BCUT2D eigenvalue weighted by molar-refractivity contribution is 7.89. The molecule has 4 aromatic rings. The molecule has 2 aliphatic rings. The summed E-state index contributed by atoms with van der Waals surface area (Å²) in [5.74, 6) is -5.34. The van der Waals surface area contributed by atoms with E-state index in [0.29, 0.717) is 10.3 Å². The number of anilines is 2. The molecule has 292 valence electrons. The lowest BCUT2D eigenvalue weighted by Gasteiger charge is -2.28. The number of carbonyl (C=O) groups is 4. The second-order valence-corrected chi connectivity index (χ2v) is 17.6. The number of aromatic amines is 1. The Morgan fingerprint density at radius 2 is 1.29 bits per heavy atom. The Hall–Kier alpha value is -5.88. The van der Waals surface area contributed by atoms with Gasteiger partial charge in [0.2, 0.25) is 0 Å². The lowest BCUT2D eigenvalue weighted by atomic mass is 10.1. The first-order valence-electron chi connectivity index (χ1n) is 15.4. The molecule has 55 heavy (non-hydrogen) atoms. The van der Waals surface area contributed by atoms with Gasteiger partial charge in [-0.3, -0.25) is 18.7 Å². The van der Waals surface area contributed by atoms with Crippen LogP contribution < -0.4 is 20.7 Å². The second kappa shape index (κ2) is 16.6. The highest BCUT2D eigenvalue weighted by Gasteiger charge is 2.40. The molecule has 23 heteroatoms. The zero-order valence-electron chi connectivity index (χ0n) is 29.0. The Kier molecular flexibility index (Phi) is 12.7. The van der Waals surface area contributed by atoms with E-state index in [1.807, 2.05) is 13.8 Å². The van der Waals surface area contributed by atoms with Crippen LogP contribution in [0.4, 0.5) is 10.3 Å². The van der Waals surface area contributed by atoms with Gasteiger partial charge in [-0.1, -0.05) is 35.6 Å². The molecule has 2 amide bonds. The number of hydrogen-bond donors (Lipinski definition) is 6. The molecule has 4 heterocycles. The molecule has 2 aromatic carbocycles. The predicted molar refractivity (Wildman–Crippen MR) is 195 cm³/mol. The van der Waals surface area contributed by atoms with Crippen LogP contribution in [-0.4, -0.2) is 94.8 Å². The lowest BCUT2D eigenvalue weighted by Crippen LogP contribution is -2.37. The average molecular weight is 837 g/mol. The van der Waals surface area contributed by atoms with E-state index < -0.39 is 56.3 Å². The number of carboxylic acids is 2. The number of aromatic nitrogens is 2. The fourth-order valence-electron chi connectivity index (χ4n) is 4.79. The zero-order chi connectivity index (χ0) is 41.0. The number of aliphatic hydroxyl groups is 3. The number of likely N-dealkylation sites (N-methyl/N-ethyl adjacent to an activating group) is 2. The van der Waals surface area contributed by atoms with Crippen molar-refractivity contribution >= 4 is 88.3 Å². The summed E-state index contributed by atoms with van der Waals surface area (Å²) in [6.07, 6.45) is 0.584. The molecular formula is C32H32N6O13S4. The molecule has 2 aliphatic heterocycles. The minimum absolute atomic E-state index is 0.0323. The molecule has 2 aromatic heterocycles. The fraction of sp³-hybridized carbons (Fsp3) is 0.188. The van der Waals surface area contributed by atoms with Crippen LogP contribution in [0.3, 0.4) is 0 Å². The number of H-pyrrole nitrogens is 1. The van der Waals surface area contributed by atoms with Gasteiger partial charge in [0.15, 0.2) is 34.1 Å². The van der Waals surface area contributed by atoms with Gasteiger partial charge in [-0.2, -0.15) is 5.32 Å². The number of benzene rings is 2. The third-order valence-corrected chi connectivity index (χ3v) is 12.8. The van der Waals surface area contributed by atoms with Gasteiger partial charge in [0.1, 0.15) is 6.20 Å². The Labute approximate surface area is 321 Å². The number of rotatable bonds is 7. The van der Waals surface area contributed by atoms with Crippen molar-refractivity contribution in [2.75, 3.05) is 24.7 Å². The number of nitrogens with zero attached hydrogens (tertiary/aromatic N) is 3. The first-order chi connectivity index (χ1) is 25.7. The van der Waals surface area contributed by atoms with Gasteiger partial charge in [0.25, 0.3) is 26.0 Å². The standard InChI is InChI=1S/2C14H13N3O4S2.C4H6O5/c2*1-8-7-15-14(22-8)16-13(19)11-12(18)9-5-3-4-6-10(9)23(20,21)17(11)2;5-2(4(8)9)1-3(6)7/h2*3-7,18H,1-2H3,(H,15,16,19);2,5H,1H2,(H,6,7)(H,8,9)/t;;2-/m..0/s1. The molecule has 7 N–H and O–H groups in total. The summed E-state index contributed by atoms with van der Waals surface area (Å²) in [6, 6.07) is 12.0. The van der Waals surface area contributed by atoms with Crippen LogP contribution in [0.5, 0.6) is 0 Å². The van der Waals surface area contributed by atoms with E-state index in [9.17, 15) is 51.3 Å². The van der Waals surface area contributed by atoms with Crippen molar-refractivity contribution in [1.82, 2.24) is 13.6 Å². The number of thiazole rings is 2. The summed E-state index contributed by atoms with van der Waals surface area (Å²) >= 11 is 2.56. The monoisotopic (exact) mass is 836 g/mol. The second-order valence-electron chi connectivity index (χ2n) is 11.3. The van der Waals surface area contributed by atoms with Crippen LogP contribution in [-0.2, 0) is 39.2 Å². The van der Waals surface area contributed by atoms with Crippen LogP contribution in [0.15, 0.2) is 82.1 Å². The van der Waals surface area contributed by atoms with E-state index in [1.54, 1.807) is 36.7 Å². The molecule has 0 saturated carbocycles. The highest BCUT2D eigenvalue weighted by Crippen LogP contribution is 2.36. The van der Waals surface area contributed by atoms with E-state index >= 15 is 0 Å². The van der Waals surface area contributed by atoms with Crippen molar-refractivity contribution in [3.05, 3.63) is 93.2 Å². The number of sulfonamides is 2. The van der Waals surface area contributed by atoms with Crippen LogP contribution in [0.1, 0.15) is 27.3 Å². The quantitative estimate of drug-likeness (QED) is 0.151. The number of aliphatic carboxylic acids is 2. The summed E-state index contributed by atoms with van der Waals surface area (Å²) < 4.78 is 51.6. The minimum atomic E-state index is -3.90. The topological polar surface area (TPSA) is 298 Å². The van der Waals surface area contributed by atoms with Crippen LogP contribution >= 0.6 is 22.7 Å². The summed E-state index contributed by atoms with van der Waals surface area (Å²) in [5, 5.41) is 52.4. The number of aryl methyl sites for hydroxylation is 2. The number of amides is 2. The van der Waals surface area contributed by atoms with Crippen molar-refractivity contribution in [2.24, 2.45) is 0 Å². The molecule has 0 radical (unpaired) electrons. The maximum atomic E-state index is 12.5. The Morgan fingerprint density at radius 3 is 1.67 bits per heavy atom. The SMILES string of the molecule is Cc1c[nH+]c(NC(=O)C2=C(O)c3ccccc3S(=O)(=O)N2C)s1.Cc1cnc(NC(=O)C2=C(O)c3ccccc3S(=O)(=O)N2C)s1.O=C([O-])C[C@H](O)C(=O)O. The van der Waals surface area contributed by atoms with Crippen LogP contribution in [0.25, 0.3) is 11.5 Å². The normalized spacial score (nSPS) is 15.6. The minimum Gasteiger partial charge on any atom is -0.550 e. The largest absolute Gasteiger partial charge is 0.550 e. The Morgan fingerprint density at radius 1 is 0.818 bits per heavy atom. The molecule has 0 fully saturated rings. The number of carboxylic acid groups (broad SMARTS) is 2. The lowest BCUT2D eigenvalue weighted by molar-refractivity contribution is -0.354. The van der Waals surface area contributed by atoms with E-state index in [0.717, 1.165) is 18.4 Å². The molecule has 0 unspecified atom stereocenters. The highest BCUT2D eigenvalue weighted by atomic mass is 32.2. The predicted octanol–water partition coefficient (Wildman–Crippen LogP) is 0.893. The molecule has 0 bridgehead atoms. The third-order valence-electron chi connectivity index (χ3n) is 7.45. The van der Waals surface area contributed by atoms with E-state index in [-0.39, 0.29) is 43.8 Å². The Balaban J connectivity index is 0.000000201. The fourth-order valence-corrected chi connectivity index (χ4v) is 8.95. The van der Waals surface area contributed by atoms with Crippen molar-refractivity contribution in [3.63, 3.8) is 0 Å². The molecule has 1 atom stereocenters. The van der Waals surface area contributed by atoms with Gasteiger partial charge in [-0.25, -0.2) is 36.4 Å². The number of aliphatic hydroxyl groups excluding tert-OH is 3. The van der Waals surface area contributed by atoms with Crippen LogP contribution in [0, 0.1) is 13.8 Å². The average Bonchev–Trinajstić information content (AvgIpc) is 3.73. The maximum absolute atomic E-state index is 12.5. The van der Waals surface area contributed by atoms with Gasteiger partial charge in [0.05, 0.1) is 9.79 Å². The Bertz CT molecular complexity index is 2300. The van der Waals surface area contributed by atoms with Crippen molar-refractivity contribution in [3.8, 4) is 0 Å². The van der Waals surface area contributed by atoms with Gasteiger partial charge in [-0.15, -0.1) is 11.3 Å². The molecule has 0 spiro atoms. The summed E-state index contributed by atoms with van der Waals surface area (Å²) in [6.45, 7) is 3.69. The van der Waals surface area contributed by atoms with E-state index in [1.165, 1.54) is 61.0 Å². The van der Waals surface area contributed by atoms with Gasteiger partial charge >= 0.3 is 17.0 Å². The first-order valence-corrected chi connectivity index (χ1v) is 19.9. The number of carbonyl (C=O) groups excluding carboxylic acids is 3. The van der Waals surface area contributed by atoms with Gasteiger partial charge < -0.3 is 30.3 Å². The zero-order valence-corrected chi connectivity index (χ0v) is 32.3. The smallest absolute Gasteiger partial charge is 0.360 e. The van der Waals surface area contributed by atoms with Crippen molar-refractivity contribution in [2.45, 2.75) is 36.2 Å². The van der Waals surface area contributed by atoms with Gasteiger partial charge in [0, 0.05) is 53.6 Å². The first kappa shape index (κ1) is 41.9. The van der Waals surface area contributed by atoms with Crippen LogP contribution in [0.2, 0.25) is 0 Å². The molecule has 0 saturated heterocycles. The van der Waals surface area contributed by atoms with E-state index in [4.69, 9.17) is 10.2 Å². The number of fused-ring (bicyclic) bond motifs is 2. The molecule has 0 aliphatic carbocycles. The summed E-state index contributed by atoms with van der Waals surface area (Å²) in [4.78, 5) is 52.8. The number of hydrogen-bond acceptors (Lipinski definition) is 15. The number of nitrogens with one attached hydrogen (secondary N) is 3. The van der Waals surface area contributed by atoms with Crippen molar-refractivity contribution in [1.29, 1.82) is 0 Å². The molecule has 6 rings (SSSR count). The van der Waals surface area contributed by atoms with Gasteiger partial charge in [-0.05, 0) is 38.1 Å². The summed E-state index contributed by atoms with van der Waals surface area (Å²) in [5.41, 5.74) is -0.437. The van der Waals surface area contributed by atoms with Crippen molar-refractivity contribution < 1.29 is 66.5 Å². The van der Waals surface area contributed by atoms with E-state index in [2.05, 4.69) is 20.6 Å². The third kappa shape index (κ3) is 9.09. The summed E-state index contributed by atoms with van der Waals surface area (Å²) in [7, 11) is -5.32.